The average molecular weight is 138 g/mol. The smallest absolute Gasteiger partial charge is 0.142 e. The van der Waals surface area contributed by atoms with E-state index in [0.717, 1.165) is 0 Å². The SMILES string of the molecule is C#CCOC(C)/C=C/C=O. The standard InChI is InChI=1S/C8H10O2/c1-3-7-10-8(2)5-4-6-9/h1,4-6,8H,7H2,2H3/b5-4+. The Kier molecular flexibility index (Phi) is 5.41. The van der Waals surface area contributed by atoms with Crippen LogP contribution in [0.1, 0.15) is 6.92 Å². The fraction of sp³-hybridized carbons (Fsp3) is 0.375. The van der Waals surface area contributed by atoms with Crippen LogP contribution in [0.3, 0.4) is 0 Å². The maximum atomic E-state index is 9.80. The van der Waals surface area contributed by atoms with Crippen molar-refractivity contribution in [3.8, 4) is 12.3 Å². The molecule has 0 spiro atoms. The fourth-order valence-electron chi connectivity index (χ4n) is 0.437. The number of rotatable bonds is 4. The molecular formula is C8H10O2. The van der Waals surface area contributed by atoms with Gasteiger partial charge in [-0.1, -0.05) is 12.0 Å². The van der Waals surface area contributed by atoms with Crippen molar-refractivity contribution in [3.05, 3.63) is 12.2 Å². The van der Waals surface area contributed by atoms with Crippen molar-refractivity contribution in [2.45, 2.75) is 13.0 Å². The van der Waals surface area contributed by atoms with Gasteiger partial charge in [-0.2, -0.15) is 0 Å². The van der Waals surface area contributed by atoms with Crippen molar-refractivity contribution >= 4 is 6.29 Å². The number of hydrogen-bond donors (Lipinski definition) is 0. The van der Waals surface area contributed by atoms with Crippen molar-refractivity contribution < 1.29 is 9.53 Å². The minimum Gasteiger partial charge on any atom is -0.362 e. The Bertz CT molecular complexity index is 153. The fourth-order valence-corrected chi connectivity index (χ4v) is 0.437. The summed E-state index contributed by atoms with van der Waals surface area (Å²) in [5, 5.41) is 0. The van der Waals surface area contributed by atoms with Gasteiger partial charge in [0.25, 0.3) is 0 Å². The van der Waals surface area contributed by atoms with Crippen molar-refractivity contribution in [1.29, 1.82) is 0 Å². The number of allylic oxidation sites excluding steroid dienone is 1. The lowest BCUT2D eigenvalue weighted by Gasteiger charge is -2.02. The summed E-state index contributed by atoms with van der Waals surface area (Å²) in [6.07, 6.45) is 8.59. The third-order valence-electron chi connectivity index (χ3n) is 0.890. The Labute approximate surface area is 60.9 Å². The summed E-state index contributed by atoms with van der Waals surface area (Å²) >= 11 is 0. The number of hydrogen-bond acceptors (Lipinski definition) is 2. The first-order chi connectivity index (χ1) is 4.81. The van der Waals surface area contributed by atoms with Crippen molar-refractivity contribution in [1.82, 2.24) is 0 Å². The predicted octanol–water partition coefficient (Wildman–Crippen LogP) is 0.780. The molecule has 0 radical (unpaired) electrons. The molecule has 0 heterocycles. The Morgan fingerprint density at radius 3 is 3.00 bits per heavy atom. The minimum absolute atomic E-state index is 0.0822. The maximum Gasteiger partial charge on any atom is 0.142 e. The van der Waals surface area contributed by atoms with Gasteiger partial charge >= 0.3 is 0 Å². The molecule has 0 saturated carbocycles. The van der Waals surface area contributed by atoms with Crippen LogP contribution in [0, 0.1) is 12.3 Å². The van der Waals surface area contributed by atoms with E-state index in [4.69, 9.17) is 11.2 Å². The van der Waals surface area contributed by atoms with Crippen LogP contribution in [0.5, 0.6) is 0 Å². The molecule has 0 N–H and O–H groups in total. The van der Waals surface area contributed by atoms with E-state index in [-0.39, 0.29) is 12.7 Å². The van der Waals surface area contributed by atoms with Crippen molar-refractivity contribution in [2.24, 2.45) is 0 Å². The second-order valence-electron chi connectivity index (χ2n) is 1.74. The lowest BCUT2D eigenvalue weighted by atomic mass is 10.3. The predicted molar refractivity (Wildman–Crippen MR) is 39.5 cm³/mol. The molecule has 0 aliphatic rings. The van der Waals surface area contributed by atoms with Crippen molar-refractivity contribution in [3.63, 3.8) is 0 Å². The largest absolute Gasteiger partial charge is 0.362 e. The van der Waals surface area contributed by atoms with E-state index >= 15 is 0 Å². The first-order valence-corrected chi connectivity index (χ1v) is 2.98. The van der Waals surface area contributed by atoms with Crippen LogP contribution < -0.4 is 0 Å². The maximum absolute atomic E-state index is 9.80. The molecule has 2 nitrogen and oxygen atoms in total. The average Bonchev–Trinajstić information content (AvgIpc) is 1.97. The van der Waals surface area contributed by atoms with E-state index in [2.05, 4.69) is 5.92 Å². The number of carbonyl (C=O) groups is 1. The molecule has 0 saturated heterocycles. The first-order valence-electron chi connectivity index (χ1n) is 2.98. The van der Waals surface area contributed by atoms with Crippen LogP contribution in [0.15, 0.2) is 12.2 Å². The topological polar surface area (TPSA) is 26.3 Å². The second kappa shape index (κ2) is 6.06. The molecule has 54 valence electrons. The van der Waals surface area contributed by atoms with Crippen LogP contribution in [0.4, 0.5) is 0 Å². The van der Waals surface area contributed by atoms with E-state index in [1.54, 1.807) is 6.08 Å². The summed E-state index contributed by atoms with van der Waals surface area (Å²) < 4.78 is 5.01. The molecule has 0 amide bonds. The van der Waals surface area contributed by atoms with Gasteiger partial charge in [0.2, 0.25) is 0 Å². The van der Waals surface area contributed by atoms with Gasteiger partial charge in [-0.05, 0) is 13.0 Å². The molecule has 1 unspecified atom stereocenters. The zero-order valence-electron chi connectivity index (χ0n) is 5.91. The summed E-state index contributed by atoms with van der Waals surface area (Å²) in [7, 11) is 0. The van der Waals surface area contributed by atoms with E-state index in [9.17, 15) is 4.79 Å². The molecule has 0 aromatic heterocycles. The van der Waals surface area contributed by atoms with Crippen LogP contribution in [0.25, 0.3) is 0 Å². The molecule has 1 atom stereocenters. The normalized spacial score (nSPS) is 12.8. The highest BCUT2D eigenvalue weighted by Crippen LogP contribution is 1.90. The van der Waals surface area contributed by atoms with E-state index in [1.807, 2.05) is 6.92 Å². The lowest BCUT2D eigenvalue weighted by Crippen LogP contribution is -2.03. The van der Waals surface area contributed by atoms with E-state index in [1.165, 1.54) is 6.08 Å². The van der Waals surface area contributed by atoms with Gasteiger partial charge in [0.15, 0.2) is 0 Å². The summed E-state index contributed by atoms with van der Waals surface area (Å²) in [5.74, 6) is 2.33. The number of ether oxygens (including phenoxy) is 1. The van der Waals surface area contributed by atoms with Gasteiger partial charge in [0, 0.05) is 0 Å². The van der Waals surface area contributed by atoms with Crippen LogP contribution >= 0.6 is 0 Å². The third-order valence-corrected chi connectivity index (χ3v) is 0.890. The highest BCUT2D eigenvalue weighted by Gasteiger charge is 1.91. The summed E-state index contributed by atoms with van der Waals surface area (Å²) in [6.45, 7) is 2.10. The molecule has 0 fully saturated rings. The Morgan fingerprint density at radius 1 is 1.80 bits per heavy atom. The zero-order valence-corrected chi connectivity index (χ0v) is 5.91. The summed E-state index contributed by atoms with van der Waals surface area (Å²) in [5.41, 5.74) is 0. The van der Waals surface area contributed by atoms with Crippen LogP contribution in [-0.4, -0.2) is 19.0 Å². The molecule has 0 aliphatic carbocycles. The van der Waals surface area contributed by atoms with Gasteiger partial charge in [0.05, 0.1) is 6.10 Å². The van der Waals surface area contributed by atoms with Gasteiger partial charge < -0.3 is 4.74 Å². The zero-order chi connectivity index (χ0) is 7.82. The van der Waals surface area contributed by atoms with Crippen LogP contribution in [0.2, 0.25) is 0 Å². The minimum atomic E-state index is -0.0822. The Balaban J connectivity index is 3.44. The molecular weight excluding hydrogens is 128 g/mol. The lowest BCUT2D eigenvalue weighted by molar-refractivity contribution is -0.104. The first kappa shape index (κ1) is 8.93. The second-order valence-corrected chi connectivity index (χ2v) is 1.74. The van der Waals surface area contributed by atoms with Crippen LogP contribution in [-0.2, 0) is 9.53 Å². The molecule has 2 heteroatoms. The molecule has 0 rings (SSSR count). The van der Waals surface area contributed by atoms with Crippen molar-refractivity contribution in [2.75, 3.05) is 6.61 Å². The third kappa shape index (κ3) is 5.07. The highest BCUT2D eigenvalue weighted by atomic mass is 16.5. The summed E-state index contributed by atoms with van der Waals surface area (Å²) in [6, 6.07) is 0. The highest BCUT2D eigenvalue weighted by molar-refractivity contribution is 5.64. The van der Waals surface area contributed by atoms with Gasteiger partial charge in [-0.3, -0.25) is 4.79 Å². The van der Waals surface area contributed by atoms with Gasteiger partial charge in [0.1, 0.15) is 12.9 Å². The number of aldehydes is 1. The molecule has 0 bridgehead atoms. The van der Waals surface area contributed by atoms with Gasteiger partial charge in [-0.25, -0.2) is 0 Å². The number of carbonyl (C=O) groups excluding carboxylic acids is 1. The molecule has 10 heavy (non-hydrogen) atoms. The monoisotopic (exact) mass is 138 g/mol. The quantitative estimate of drug-likeness (QED) is 0.326. The Hall–Kier alpha value is -1.07. The summed E-state index contributed by atoms with van der Waals surface area (Å²) in [4.78, 5) is 9.80. The van der Waals surface area contributed by atoms with E-state index < -0.39 is 0 Å². The molecule has 0 aromatic rings. The molecule has 0 aromatic carbocycles. The van der Waals surface area contributed by atoms with Gasteiger partial charge in [-0.15, -0.1) is 6.42 Å². The molecule has 0 aliphatic heterocycles. The Morgan fingerprint density at radius 2 is 2.50 bits per heavy atom. The number of terminal acetylenes is 1. The van der Waals surface area contributed by atoms with E-state index in [0.29, 0.717) is 6.29 Å².